The summed E-state index contributed by atoms with van der Waals surface area (Å²) in [5, 5.41) is 16.4. The number of aliphatic hydroxyl groups excluding tert-OH is 1. The standard InChI is InChI=1S/C14H19N3O/c1-12(6-9-18)15-11-13-4-2-5-14(10-13)17-8-3-7-16-17/h2-5,7-8,10,12,15,18H,6,9,11H2,1H3. The van der Waals surface area contributed by atoms with Gasteiger partial charge in [0.25, 0.3) is 0 Å². The van der Waals surface area contributed by atoms with Gasteiger partial charge in [-0.3, -0.25) is 0 Å². The van der Waals surface area contributed by atoms with E-state index in [1.54, 1.807) is 6.20 Å². The van der Waals surface area contributed by atoms with Crippen molar-refractivity contribution in [2.45, 2.75) is 25.9 Å². The molecule has 1 aromatic carbocycles. The number of rotatable bonds is 6. The largest absolute Gasteiger partial charge is 0.396 e. The summed E-state index contributed by atoms with van der Waals surface area (Å²) in [6.07, 6.45) is 4.48. The Balaban J connectivity index is 2.00. The highest BCUT2D eigenvalue weighted by molar-refractivity contribution is 5.34. The number of nitrogens with one attached hydrogen (secondary N) is 1. The average Bonchev–Trinajstić information content (AvgIpc) is 2.91. The predicted octanol–water partition coefficient (Wildman–Crippen LogP) is 1.73. The van der Waals surface area contributed by atoms with Crippen molar-refractivity contribution in [1.82, 2.24) is 15.1 Å². The highest BCUT2D eigenvalue weighted by Gasteiger charge is 2.02. The lowest BCUT2D eigenvalue weighted by molar-refractivity contribution is 0.268. The molecule has 1 atom stereocenters. The van der Waals surface area contributed by atoms with Gasteiger partial charge in [0.1, 0.15) is 0 Å². The Kier molecular flexibility index (Phi) is 4.50. The Morgan fingerprint density at radius 2 is 2.28 bits per heavy atom. The van der Waals surface area contributed by atoms with Gasteiger partial charge in [-0.15, -0.1) is 0 Å². The summed E-state index contributed by atoms with van der Waals surface area (Å²) in [4.78, 5) is 0. The van der Waals surface area contributed by atoms with Gasteiger partial charge in [0.2, 0.25) is 0 Å². The number of benzene rings is 1. The van der Waals surface area contributed by atoms with Crippen molar-refractivity contribution in [1.29, 1.82) is 0 Å². The molecule has 1 unspecified atom stereocenters. The molecule has 4 heteroatoms. The van der Waals surface area contributed by atoms with E-state index in [-0.39, 0.29) is 6.61 Å². The van der Waals surface area contributed by atoms with E-state index < -0.39 is 0 Å². The summed E-state index contributed by atoms with van der Waals surface area (Å²) in [5.41, 5.74) is 2.28. The lowest BCUT2D eigenvalue weighted by Crippen LogP contribution is -2.26. The Hall–Kier alpha value is -1.65. The van der Waals surface area contributed by atoms with Gasteiger partial charge < -0.3 is 10.4 Å². The molecule has 18 heavy (non-hydrogen) atoms. The van der Waals surface area contributed by atoms with Crippen LogP contribution >= 0.6 is 0 Å². The second-order valence-corrected chi connectivity index (χ2v) is 4.41. The summed E-state index contributed by atoms with van der Waals surface area (Å²) < 4.78 is 1.85. The molecule has 0 bridgehead atoms. The molecule has 4 nitrogen and oxygen atoms in total. The molecule has 2 aromatic rings. The fraction of sp³-hybridized carbons (Fsp3) is 0.357. The molecular weight excluding hydrogens is 226 g/mol. The SMILES string of the molecule is CC(CCO)NCc1cccc(-n2cccn2)c1. The Morgan fingerprint density at radius 3 is 3.00 bits per heavy atom. The molecule has 0 fully saturated rings. The van der Waals surface area contributed by atoms with Crippen LogP contribution in [0, 0.1) is 0 Å². The van der Waals surface area contributed by atoms with Crippen molar-refractivity contribution >= 4 is 0 Å². The zero-order valence-corrected chi connectivity index (χ0v) is 10.6. The highest BCUT2D eigenvalue weighted by Crippen LogP contribution is 2.09. The monoisotopic (exact) mass is 245 g/mol. The molecule has 0 spiro atoms. The summed E-state index contributed by atoms with van der Waals surface area (Å²) in [6, 6.07) is 10.5. The van der Waals surface area contributed by atoms with Gasteiger partial charge in [-0.05, 0) is 37.1 Å². The van der Waals surface area contributed by atoms with E-state index in [2.05, 4.69) is 29.5 Å². The average molecular weight is 245 g/mol. The molecule has 0 aliphatic rings. The quantitative estimate of drug-likeness (QED) is 0.815. The fourth-order valence-electron chi connectivity index (χ4n) is 1.82. The van der Waals surface area contributed by atoms with Crippen LogP contribution in [0.2, 0.25) is 0 Å². The number of aromatic nitrogens is 2. The molecule has 0 saturated carbocycles. The first kappa shape index (κ1) is 12.8. The van der Waals surface area contributed by atoms with Crippen LogP contribution in [0.1, 0.15) is 18.9 Å². The third-order valence-electron chi connectivity index (χ3n) is 2.90. The minimum Gasteiger partial charge on any atom is -0.396 e. The van der Waals surface area contributed by atoms with Gasteiger partial charge in [0.05, 0.1) is 5.69 Å². The van der Waals surface area contributed by atoms with E-state index in [1.165, 1.54) is 5.56 Å². The van der Waals surface area contributed by atoms with Crippen molar-refractivity contribution in [2.24, 2.45) is 0 Å². The molecule has 1 aromatic heterocycles. The fourth-order valence-corrected chi connectivity index (χ4v) is 1.82. The van der Waals surface area contributed by atoms with Gasteiger partial charge >= 0.3 is 0 Å². The van der Waals surface area contributed by atoms with Crippen LogP contribution in [0.15, 0.2) is 42.7 Å². The smallest absolute Gasteiger partial charge is 0.0648 e. The number of nitrogens with zero attached hydrogens (tertiary/aromatic N) is 2. The first-order chi connectivity index (χ1) is 8.79. The van der Waals surface area contributed by atoms with Crippen molar-refractivity contribution in [2.75, 3.05) is 6.61 Å². The zero-order valence-electron chi connectivity index (χ0n) is 10.6. The molecule has 2 N–H and O–H groups in total. The number of hydrogen-bond donors (Lipinski definition) is 2. The summed E-state index contributed by atoms with van der Waals surface area (Å²) in [5.74, 6) is 0. The Morgan fingerprint density at radius 1 is 1.39 bits per heavy atom. The molecule has 2 rings (SSSR count). The molecule has 0 radical (unpaired) electrons. The Bertz CT molecular complexity index is 468. The van der Waals surface area contributed by atoms with Crippen LogP contribution in [0.3, 0.4) is 0 Å². The van der Waals surface area contributed by atoms with Crippen LogP contribution < -0.4 is 5.32 Å². The summed E-state index contributed by atoms with van der Waals surface area (Å²) in [6.45, 7) is 3.10. The maximum absolute atomic E-state index is 8.85. The van der Waals surface area contributed by atoms with Crippen molar-refractivity contribution in [3.8, 4) is 5.69 Å². The predicted molar refractivity (Wildman–Crippen MR) is 71.6 cm³/mol. The minimum atomic E-state index is 0.224. The lowest BCUT2D eigenvalue weighted by Gasteiger charge is -2.12. The summed E-state index contributed by atoms with van der Waals surface area (Å²) in [7, 11) is 0. The van der Waals surface area contributed by atoms with Crippen LogP contribution in [0.4, 0.5) is 0 Å². The van der Waals surface area contributed by atoms with Crippen LogP contribution in [-0.4, -0.2) is 27.5 Å². The van der Waals surface area contributed by atoms with Crippen molar-refractivity contribution < 1.29 is 5.11 Å². The topological polar surface area (TPSA) is 50.1 Å². The van der Waals surface area contributed by atoms with Crippen molar-refractivity contribution in [3.63, 3.8) is 0 Å². The van der Waals surface area contributed by atoms with E-state index in [4.69, 9.17) is 5.11 Å². The molecule has 0 saturated heterocycles. The van der Waals surface area contributed by atoms with E-state index in [9.17, 15) is 0 Å². The van der Waals surface area contributed by atoms with Crippen LogP contribution in [-0.2, 0) is 6.54 Å². The molecule has 0 amide bonds. The van der Waals surface area contributed by atoms with Gasteiger partial charge in [-0.25, -0.2) is 4.68 Å². The van der Waals surface area contributed by atoms with Gasteiger partial charge in [0.15, 0.2) is 0 Å². The first-order valence-corrected chi connectivity index (χ1v) is 6.23. The third-order valence-corrected chi connectivity index (χ3v) is 2.90. The highest BCUT2D eigenvalue weighted by atomic mass is 16.3. The first-order valence-electron chi connectivity index (χ1n) is 6.23. The number of hydrogen-bond acceptors (Lipinski definition) is 3. The van der Waals surface area contributed by atoms with Crippen LogP contribution in [0.5, 0.6) is 0 Å². The Labute approximate surface area is 107 Å². The molecule has 1 heterocycles. The van der Waals surface area contributed by atoms with Gasteiger partial charge in [0, 0.05) is 31.6 Å². The molecule has 0 aliphatic carbocycles. The molecular formula is C14H19N3O. The van der Waals surface area contributed by atoms with Gasteiger partial charge in [-0.2, -0.15) is 5.10 Å². The van der Waals surface area contributed by atoms with Crippen molar-refractivity contribution in [3.05, 3.63) is 48.3 Å². The van der Waals surface area contributed by atoms with E-state index in [0.29, 0.717) is 6.04 Å². The van der Waals surface area contributed by atoms with E-state index >= 15 is 0 Å². The van der Waals surface area contributed by atoms with Gasteiger partial charge in [-0.1, -0.05) is 12.1 Å². The summed E-state index contributed by atoms with van der Waals surface area (Å²) >= 11 is 0. The maximum atomic E-state index is 8.85. The van der Waals surface area contributed by atoms with E-state index in [0.717, 1.165) is 18.7 Å². The molecule has 96 valence electrons. The third kappa shape index (κ3) is 3.42. The van der Waals surface area contributed by atoms with E-state index in [1.807, 2.05) is 29.1 Å². The maximum Gasteiger partial charge on any atom is 0.0648 e. The second kappa shape index (κ2) is 6.33. The van der Waals surface area contributed by atoms with Crippen LogP contribution in [0.25, 0.3) is 5.69 Å². The number of aliphatic hydroxyl groups is 1. The lowest BCUT2D eigenvalue weighted by atomic mass is 10.1. The molecule has 0 aliphatic heterocycles. The normalized spacial score (nSPS) is 12.6. The second-order valence-electron chi connectivity index (χ2n) is 4.41. The minimum absolute atomic E-state index is 0.224. The zero-order chi connectivity index (χ0) is 12.8.